The molecule has 1 saturated heterocycles. The third-order valence-electron chi connectivity index (χ3n) is 4.02. The van der Waals surface area contributed by atoms with Gasteiger partial charge in [0.15, 0.2) is 6.10 Å². The summed E-state index contributed by atoms with van der Waals surface area (Å²) in [7, 11) is 0. The molecule has 1 atom stereocenters. The summed E-state index contributed by atoms with van der Waals surface area (Å²) in [5, 5.41) is 4.77. The highest BCUT2D eigenvalue weighted by Crippen LogP contribution is 2.17. The number of hydrogen-bond donors (Lipinski definition) is 2. The molecular formula is C15H23N3O5S. The van der Waals surface area contributed by atoms with Gasteiger partial charge in [0.2, 0.25) is 0 Å². The van der Waals surface area contributed by atoms with Crippen molar-refractivity contribution in [3.8, 4) is 0 Å². The highest BCUT2D eigenvalue weighted by atomic mass is 32.2. The molecule has 24 heavy (non-hydrogen) atoms. The zero-order chi connectivity index (χ0) is 17.5. The van der Waals surface area contributed by atoms with Crippen molar-refractivity contribution in [2.24, 2.45) is 0 Å². The largest absolute Gasteiger partial charge is 0.451 e. The van der Waals surface area contributed by atoms with Gasteiger partial charge in [0.25, 0.3) is 11.1 Å². The molecule has 9 heteroatoms. The van der Waals surface area contributed by atoms with E-state index in [0.29, 0.717) is 12.3 Å². The summed E-state index contributed by atoms with van der Waals surface area (Å²) < 4.78 is 4.98. The lowest BCUT2D eigenvalue weighted by Crippen LogP contribution is -2.48. The second-order valence-electron chi connectivity index (χ2n) is 5.97. The molecule has 2 fully saturated rings. The highest BCUT2D eigenvalue weighted by molar-refractivity contribution is 8.13. The van der Waals surface area contributed by atoms with Crippen LogP contribution in [0.1, 0.15) is 39.0 Å². The van der Waals surface area contributed by atoms with E-state index in [2.05, 4.69) is 10.6 Å². The van der Waals surface area contributed by atoms with Gasteiger partial charge in [-0.3, -0.25) is 19.7 Å². The maximum atomic E-state index is 11.9. The molecule has 0 aromatic heterocycles. The third-order valence-corrected chi connectivity index (χ3v) is 4.91. The van der Waals surface area contributed by atoms with E-state index >= 15 is 0 Å². The van der Waals surface area contributed by atoms with Gasteiger partial charge in [-0.05, 0) is 19.8 Å². The molecule has 0 unspecified atom stereocenters. The van der Waals surface area contributed by atoms with Gasteiger partial charge < -0.3 is 15.0 Å². The number of esters is 1. The first kappa shape index (κ1) is 18.6. The SMILES string of the molecule is C[C@H](OC(=O)CN1CCSC1=O)C(=O)NC(=O)NC1CCCCC1. The molecule has 2 rings (SSSR count). The van der Waals surface area contributed by atoms with Gasteiger partial charge in [-0.15, -0.1) is 0 Å². The first-order valence-electron chi connectivity index (χ1n) is 8.18. The van der Waals surface area contributed by atoms with Gasteiger partial charge in [-0.2, -0.15) is 0 Å². The van der Waals surface area contributed by atoms with Crippen LogP contribution in [0.3, 0.4) is 0 Å². The van der Waals surface area contributed by atoms with Crippen LogP contribution in [-0.4, -0.2) is 59.0 Å². The van der Waals surface area contributed by atoms with Crippen LogP contribution in [-0.2, 0) is 14.3 Å². The molecule has 1 aliphatic carbocycles. The first-order chi connectivity index (χ1) is 11.5. The van der Waals surface area contributed by atoms with Crippen molar-refractivity contribution in [3.63, 3.8) is 0 Å². The summed E-state index contributed by atoms with van der Waals surface area (Å²) in [4.78, 5) is 48.2. The van der Waals surface area contributed by atoms with Crippen molar-refractivity contribution < 1.29 is 23.9 Å². The molecule has 0 aromatic rings. The van der Waals surface area contributed by atoms with Crippen molar-refractivity contribution in [1.82, 2.24) is 15.5 Å². The van der Waals surface area contributed by atoms with Crippen LogP contribution < -0.4 is 10.6 Å². The molecule has 1 aliphatic heterocycles. The average Bonchev–Trinajstić information content (AvgIpc) is 2.93. The standard InChI is InChI=1S/C15H23N3O5S/c1-10(23-12(19)9-18-7-8-24-15(18)22)13(20)17-14(21)16-11-5-3-2-4-6-11/h10-11H,2-9H2,1H3,(H2,16,17,20,21)/t10-/m0/s1. The summed E-state index contributed by atoms with van der Waals surface area (Å²) in [6.45, 7) is 1.70. The molecule has 8 nitrogen and oxygen atoms in total. The van der Waals surface area contributed by atoms with Crippen LogP contribution in [0.4, 0.5) is 9.59 Å². The van der Waals surface area contributed by atoms with E-state index in [1.807, 2.05) is 0 Å². The topological polar surface area (TPSA) is 105 Å². The van der Waals surface area contributed by atoms with Gasteiger partial charge in [0.05, 0.1) is 0 Å². The smallest absolute Gasteiger partial charge is 0.326 e. The van der Waals surface area contributed by atoms with Crippen molar-refractivity contribution in [3.05, 3.63) is 0 Å². The Bertz CT molecular complexity index is 507. The third kappa shape index (κ3) is 5.70. The van der Waals surface area contributed by atoms with E-state index < -0.39 is 24.0 Å². The Morgan fingerprint density at radius 3 is 2.62 bits per heavy atom. The Hall–Kier alpha value is -1.77. The van der Waals surface area contributed by atoms with Crippen LogP contribution in [0, 0.1) is 0 Å². The Morgan fingerprint density at radius 2 is 2.00 bits per heavy atom. The summed E-state index contributed by atoms with van der Waals surface area (Å²) in [5.74, 6) is -0.705. The number of ether oxygens (including phenoxy) is 1. The van der Waals surface area contributed by atoms with E-state index in [0.717, 1.165) is 37.4 Å². The van der Waals surface area contributed by atoms with Crippen LogP contribution in [0.15, 0.2) is 0 Å². The number of carbonyl (C=O) groups is 4. The molecule has 2 aliphatic rings. The fourth-order valence-electron chi connectivity index (χ4n) is 2.70. The maximum absolute atomic E-state index is 11.9. The zero-order valence-electron chi connectivity index (χ0n) is 13.7. The second-order valence-corrected chi connectivity index (χ2v) is 7.01. The number of nitrogens with zero attached hydrogens (tertiary/aromatic N) is 1. The molecule has 4 amide bonds. The summed E-state index contributed by atoms with van der Waals surface area (Å²) in [5.41, 5.74) is 0. The minimum Gasteiger partial charge on any atom is -0.451 e. The van der Waals surface area contributed by atoms with Gasteiger partial charge in [-0.1, -0.05) is 31.0 Å². The maximum Gasteiger partial charge on any atom is 0.326 e. The van der Waals surface area contributed by atoms with Crippen LogP contribution >= 0.6 is 11.8 Å². The van der Waals surface area contributed by atoms with Crippen LogP contribution in [0.5, 0.6) is 0 Å². The van der Waals surface area contributed by atoms with Crippen molar-refractivity contribution in [2.75, 3.05) is 18.8 Å². The predicted molar refractivity (Wildman–Crippen MR) is 88.5 cm³/mol. The molecule has 0 aromatic carbocycles. The quantitative estimate of drug-likeness (QED) is 0.718. The summed E-state index contributed by atoms with van der Waals surface area (Å²) >= 11 is 1.14. The van der Waals surface area contributed by atoms with E-state index in [1.165, 1.54) is 18.2 Å². The minimum absolute atomic E-state index is 0.0862. The predicted octanol–water partition coefficient (Wildman–Crippen LogP) is 1.25. The van der Waals surface area contributed by atoms with E-state index in [9.17, 15) is 19.2 Å². The number of carbonyl (C=O) groups excluding carboxylic acids is 4. The molecule has 134 valence electrons. The van der Waals surface area contributed by atoms with Crippen molar-refractivity contribution >= 4 is 34.9 Å². The lowest BCUT2D eigenvalue weighted by molar-refractivity contribution is -0.154. The van der Waals surface area contributed by atoms with E-state index in [1.54, 1.807) is 0 Å². The average molecular weight is 357 g/mol. The monoisotopic (exact) mass is 357 g/mol. The second kappa shape index (κ2) is 8.91. The van der Waals surface area contributed by atoms with E-state index in [-0.39, 0.29) is 17.8 Å². The number of rotatable bonds is 5. The van der Waals surface area contributed by atoms with Gasteiger partial charge in [0.1, 0.15) is 6.54 Å². The zero-order valence-corrected chi connectivity index (χ0v) is 14.5. The number of amides is 4. The number of thioether (sulfide) groups is 1. The fraction of sp³-hybridized carbons (Fsp3) is 0.733. The number of nitrogens with one attached hydrogen (secondary N) is 2. The van der Waals surface area contributed by atoms with Crippen LogP contribution in [0.25, 0.3) is 0 Å². The first-order valence-corrected chi connectivity index (χ1v) is 9.17. The summed E-state index contributed by atoms with van der Waals surface area (Å²) in [6, 6.07) is -0.482. The van der Waals surface area contributed by atoms with Gasteiger partial charge in [-0.25, -0.2) is 4.79 Å². The Kier molecular flexibility index (Phi) is 6.89. The van der Waals surface area contributed by atoms with Gasteiger partial charge in [0, 0.05) is 18.3 Å². The minimum atomic E-state index is -1.10. The number of hydrogen-bond acceptors (Lipinski definition) is 6. The number of urea groups is 1. The van der Waals surface area contributed by atoms with Gasteiger partial charge >= 0.3 is 12.0 Å². The molecule has 1 heterocycles. The molecule has 0 spiro atoms. The van der Waals surface area contributed by atoms with Crippen molar-refractivity contribution in [1.29, 1.82) is 0 Å². The highest BCUT2D eigenvalue weighted by Gasteiger charge is 2.26. The van der Waals surface area contributed by atoms with E-state index in [4.69, 9.17) is 4.74 Å². The molecule has 1 saturated carbocycles. The van der Waals surface area contributed by atoms with Crippen LogP contribution in [0.2, 0.25) is 0 Å². The Morgan fingerprint density at radius 1 is 1.29 bits per heavy atom. The normalized spacial score (nSPS) is 19.7. The Balaban J connectivity index is 1.69. The molecule has 2 N–H and O–H groups in total. The molecular weight excluding hydrogens is 334 g/mol. The summed E-state index contributed by atoms with van der Waals surface area (Å²) in [6.07, 6.45) is 4.03. The lowest BCUT2D eigenvalue weighted by atomic mass is 9.96. The Labute approximate surface area is 145 Å². The molecule has 0 radical (unpaired) electrons. The number of imide groups is 1. The fourth-order valence-corrected chi connectivity index (χ4v) is 3.52. The lowest BCUT2D eigenvalue weighted by Gasteiger charge is -2.23. The molecule has 0 bridgehead atoms. The van der Waals surface area contributed by atoms with Crippen molar-refractivity contribution in [2.45, 2.75) is 51.2 Å².